The van der Waals surface area contributed by atoms with Crippen molar-refractivity contribution >= 4 is 22.4 Å². The third-order valence-corrected chi connectivity index (χ3v) is 3.58. The van der Waals surface area contributed by atoms with E-state index in [4.69, 9.17) is 9.47 Å². The van der Waals surface area contributed by atoms with Crippen LogP contribution in [-0.2, 0) is 0 Å². The molecule has 0 radical (unpaired) electrons. The van der Waals surface area contributed by atoms with E-state index in [1.165, 1.54) is 0 Å². The fourth-order valence-electron chi connectivity index (χ4n) is 2.41. The average molecular weight is 308 g/mol. The summed E-state index contributed by atoms with van der Waals surface area (Å²) in [5, 5.41) is 4.64. The molecule has 0 aliphatic heterocycles. The lowest BCUT2D eigenvalue weighted by atomic mass is 10.1. The number of benzene rings is 2. The molecule has 1 amide bonds. The molecule has 1 aromatic heterocycles. The van der Waals surface area contributed by atoms with Gasteiger partial charge >= 0.3 is 0 Å². The molecule has 0 aliphatic carbocycles. The molecule has 5 heteroatoms. The van der Waals surface area contributed by atoms with Gasteiger partial charge in [-0.25, -0.2) is 0 Å². The Kier molecular flexibility index (Phi) is 4.10. The largest absolute Gasteiger partial charge is 0.497 e. The van der Waals surface area contributed by atoms with Crippen LogP contribution in [0.1, 0.15) is 10.4 Å². The first-order valence-corrected chi connectivity index (χ1v) is 7.09. The number of rotatable bonds is 4. The van der Waals surface area contributed by atoms with Gasteiger partial charge < -0.3 is 14.8 Å². The highest BCUT2D eigenvalue weighted by Gasteiger charge is 2.13. The third-order valence-electron chi connectivity index (χ3n) is 3.58. The standard InChI is InChI=1S/C18H16N2O3/c1-22-13-6-7-17(23-2)16(10-13)20-18(21)14-5-3-4-12-8-9-19-11-15(12)14/h3-11H,1-2H3,(H,20,21). The van der Waals surface area contributed by atoms with Gasteiger partial charge in [0.05, 0.1) is 19.9 Å². The molecule has 0 aliphatic rings. The minimum atomic E-state index is -0.227. The number of hydrogen-bond acceptors (Lipinski definition) is 4. The number of amides is 1. The first kappa shape index (κ1) is 14.8. The monoisotopic (exact) mass is 308 g/mol. The lowest BCUT2D eigenvalue weighted by Gasteiger charge is -2.12. The van der Waals surface area contributed by atoms with Crippen LogP contribution in [-0.4, -0.2) is 25.1 Å². The number of fused-ring (bicyclic) bond motifs is 1. The highest BCUT2D eigenvalue weighted by molar-refractivity contribution is 6.13. The molecular weight excluding hydrogens is 292 g/mol. The molecule has 116 valence electrons. The van der Waals surface area contributed by atoms with Crippen LogP contribution >= 0.6 is 0 Å². The van der Waals surface area contributed by atoms with Crippen LogP contribution in [0.15, 0.2) is 54.9 Å². The molecule has 23 heavy (non-hydrogen) atoms. The Balaban J connectivity index is 1.98. The van der Waals surface area contributed by atoms with Crippen LogP contribution in [0.5, 0.6) is 11.5 Å². The Morgan fingerprint density at radius 3 is 2.74 bits per heavy atom. The van der Waals surface area contributed by atoms with Gasteiger partial charge in [0.15, 0.2) is 0 Å². The molecule has 1 N–H and O–H groups in total. The van der Waals surface area contributed by atoms with Gasteiger partial charge in [-0.3, -0.25) is 9.78 Å². The number of carbonyl (C=O) groups excluding carboxylic acids is 1. The normalized spacial score (nSPS) is 10.3. The average Bonchev–Trinajstić information content (AvgIpc) is 2.61. The summed E-state index contributed by atoms with van der Waals surface area (Å²) in [5.41, 5.74) is 1.11. The Morgan fingerprint density at radius 1 is 1.09 bits per heavy atom. The van der Waals surface area contributed by atoms with Crippen molar-refractivity contribution < 1.29 is 14.3 Å². The minimum absolute atomic E-state index is 0.227. The third kappa shape index (κ3) is 2.94. The van der Waals surface area contributed by atoms with Gasteiger partial charge in [-0.2, -0.15) is 0 Å². The predicted octanol–water partition coefficient (Wildman–Crippen LogP) is 3.50. The van der Waals surface area contributed by atoms with Gasteiger partial charge in [0.1, 0.15) is 11.5 Å². The Bertz CT molecular complexity index is 857. The summed E-state index contributed by atoms with van der Waals surface area (Å²) < 4.78 is 10.5. The predicted molar refractivity (Wildman–Crippen MR) is 89.2 cm³/mol. The second-order valence-electron chi connectivity index (χ2n) is 4.92. The van der Waals surface area contributed by atoms with Crippen LogP contribution in [0.2, 0.25) is 0 Å². The van der Waals surface area contributed by atoms with Crippen molar-refractivity contribution in [3.63, 3.8) is 0 Å². The van der Waals surface area contributed by atoms with Gasteiger partial charge in [0.2, 0.25) is 0 Å². The number of hydrogen-bond donors (Lipinski definition) is 1. The summed E-state index contributed by atoms with van der Waals surface area (Å²) in [6, 6.07) is 12.7. The maximum Gasteiger partial charge on any atom is 0.256 e. The Labute approximate surface area is 133 Å². The number of anilines is 1. The summed E-state index contributed by atoms with van der Waals surface area (Å²) in [4.78, 5) is 16.8. The van der Waals surface area contributed by atoms with E-state index in [9.17, 15) is 4.79 Å². The highest BCUT2D eigenvalue weighted by atomic mass is 16.5. The van der Waals surface area contributed by atoms with Crippen molar-refractivity contribution in [2.75, 3.05) is 19.5 Å². The van der Waals surface area contributed by atoms with Crippen LogP contribution < -0.4 is 14.8 Å². The topological polar surface area (TPSA) is 60.5 Å². The van der Waals surface area contributed by atoms with Gasteiger partial charge in [-0.15, -0.1) is 0 Å². The van der Waals surface area contributed by atoms with E-state index in [1.807, 2.05) is 18.2 Å². The van der Waals surface area contributed by atoms with E-state index in [0.717, 1.165) is 10.8 Å². The maximum absolute atomic E-state index is 12.7. The number of methoxy groups -OCH3 is 2. The Hall–Kier alpha value is -3.08. The number of carbonyl (C=O) groups is 1. The fraction of sp³-hybridized carbons (Fsp3) is 0.111. The fourth-order valence-corrected chi connectivity index (χ4v) is 2.41. The first-order chi connectivity index (χ1) is 11.2. The minimum Gasteiger partial charge on any atom is -0.497 e. The quantitative estimate of drug-likeness (QED) is 0.801. The SMILES string of the molecule is COc1ccc(OC)c(NC(=O)c2cccc3ccncc23)c1. The molecular formula is C18H16N2O3. The maximum atomic E-state index is 12.7. The van der Waals surface area contributed by atoms with E-state index in [-0.39, 0.29) is 5.91 Å². The van der Waals surface area contributed by atoms with Crippen molar-refractivity contribution in [1.82, 2.24) is 4.98 Å². The van der Waals surface area contributed by atoms with E-state index in [2.05, 4.69) is 10.3 Å². The number of pyridine rings is 1. The molecule has 0 spiro atoms. The molecule has 0 saturated carbocycles. The van der Waals surface area contributed by atoms with Gasteiger partial charge in [0, 0.05) is 29.4 Å². The summed E-state index contributed by atoms with van der Waals surface area (Å²) in [7, 11) is 3.13. The number of nitrogens with zero attached hydrogens (tertiary/aromatic N) is 1. The molecule has 0 saturated heterocycles. The molecule has 2 aromatic carbocycles. The van der Waals surface area contributed by atoms with Crippen molar-refractivity contribution in [3.05, 3.63) is 60.4 Å². The highest BCUT2D eigenvalue weighted by Crippen LogP contribution is 2.29. The molecule has 3 rings (SSSR count). The zero-order chi connectivity index (χ0) is 16.2. The van der Waals surface area contributed by atoms with Crippen molar-refractivity contribution in [3.8, 4) is 11.5 Å². The van der Waals surface area contributed by atoms with E-state index in [1.54, 1.807) is 50.9 Å². The lowest BCUT2D eigenvalue weighted by molar-refractivity contribution is 0.102. The summed E-state index contributed by atoms with van der Waals surface area (Å²) in [6.45, 7) is 0. The second kappa shape index (κ2) is 6.36. The summed E-state index contributed by atoms with van der Waals surface area (Å²) in [6.07, 6.45) is 3.39. The van der Waals surface area contributed by atoms with E-state index < -0.39 is 0 Å². The number of ether oxygens (including phenoxy) is 2. The first-order valence-electron chi connectivity index (χ1n) is 7.09. The summed E-state index contributed by atoms with van der Waals surface area (Å²) in [5.74, 6) is 0.980. The van der Waals surface area contributed by atoms with E-state index in [0.29, 0.717) is 22.7 Å². The molecule has 0 unspecified atom stereocenters. The van der Waals surface area contributed by atoms with Crippen LogP contribution in [0, 0.1) is 0 Å². The molecule has 0 atom stereocenters. The number of aromatic nitrogens is 1. The zero-order valence-electron chi connectivity index (χ0n) is 12.9. The van der Waals surface area contributed by atoms with Gasteiger partial charge in [-0.05, 0) is 29.7 Å². The van der Waals surface area contributed by atoms with Crippen LogP contribution in [0.25, 0.3) is 10.8 Å². The zero-order valence-corrected chi connectivity index (χ0v) is 12.9. The molecule has 1 heterocycles. The van der Waals surface area contributed by atoms with Gasteiger partial charge in [0.25, 0.3) is 5.91 Å². The molecule has 5 nitrogen and oxygen atoms in total. The van der Waals surface area contributed by atoms with Crippen LogP contribution in [0.4, 0.5) is 5.69 Å². The van der Waals surface area contributed by atoms with Crippen molar-refractivity contribution in [1.29, 1.82) is 0 Å². The van der Waals surface area contributed by atoms with Crippen molar-refractivity contribution in [2.24, 2.45) is 0 Å². The van der Waals surface area contributed by atoms with Crippen molar-refractivity contribution in [2.45, 2.75) is 0 Å². The molecule has 0 fully saturated rings. The smallest absolute Gasteiger partial charge is 0.256 e. The molecule has 3 aromatic rings. The van der Waals surface area contributed by atoms with Crippen LogP contribution in [0.3, 0.4) is 0 Å². The van der Waals surface area contributed by atoms with Gasteiger partial charge in [-0.1, -0.05) is 12.1 Å². The molecule has 0 bridgehead atoms. The second-order valence-corrected chi connectivity index (χ2v) is 4.92. The van der Waals surface area contributed by atoms with E-state index >= 15 is 0 Å². The number of nitrogens with one attached hydrogen (secondary N) is 1. The Morgan fingerprint density at radius 2 is 1.96 bits per heavy atom. The lowest BCUT2D eigenvalue weighted by Crippen LogP contribution is -2.13. The summed E-state index contributed by atoms with van der Waals surface area (Å²) >= 11 is 0.